The maximum Gasteiger partial charge on any atom is 0.269 e. The number of benzene rings is 2. The fraction of sp³-hybridized carbons (Fsp3) is 0.100. The minimum absolute atomic E-state index is 0.0531. The summed E-state index contributed by atoms with van der Waals surface area (Å²) in [5.41, 5.74) is 2.18. The zero-order valence-electron chi connectivity index (χ0n) is 15.7. The zero-order chi connectivity index (χ0) is 21.1. The Morgan fingerprint density at radius 3 is 2.43 bits per heavy atom. The SMILES string of the molecule is O=[N+]([O-])c1ccc(S(=O)(=O)NCc2nc3cccnc3n2Cc2ccccc2)cc1. The van der Waals surface area contributed by atoms with Crippen molar-refractivity contribution in [2.24, 2.45) is 0 Å². The average molecular weight is 423 g/mol. The predicted octanol–water partition coefficient (Wildman–Crippen LogP) is 2.87. The first kappa shape index (κ1) is 19.7. The Hall–Kier alpha value is -3.63. The van der Waals surface area contributed by atoms with Crippen LogP contribution in [0.25, 0.3) is 11.2 Å². The molecule has 0 radical (unpaired) electrons. The lowest BCUT2D eigenvalue weighted by molar-refractivity contribution is -0.384. The van der Waals surface area contributed by atoms with E-state index in [1.54, 1.807) is 12.3 Å². The lowest BCUT2D eigenvalue weighted by Gasteiger charge is -2.10. The van der Waals surface area contributed by atoms with Crippen LogP contribution >= 0.6 is 0 Å². The summed E-state index contributed by atoms with van der Waals surface area (Å²) in [6, 6.07) is 18.0. The molecule has 0 saturated heterocycles. The van der Waals surface area contributed by atoms with E-state index >= 15 is 0 Å². The summed E-state index contributed by atoms with van der Waals surface area (Å²) in [5, 5.41) is 10.8. The van der Waals surface area contributed by atoms with E-state index in [1.165, 1.54) is 12.1 Å². The number of rotatable bonds is 7. The molecule has 0 saturated carbocycles. The highest BCUT2D eigenvalue weighted by atomic mass is 32.2. The number of nitrogens with zero attached hydrogens (tertiary/aromatic N) is 4. The number of hydrogen-bond donors (Lipinski definition) is 1. The van der Waals surface area contributed by atoms with Gasteiger partial charge in [-0.15, -0.1) is 0 Å². The summed E-state index contributed by atoms with van der Waals surface area (Å²) in [7, 11) is -3.87. The highest BCUT2D eigenvalue weighted by Crippen LogP contribution is 2.18. The van der Waals surface area contributed by atoms with E-state index in [0.29, 0.717) is 23.5 Å². The number of fused-ring (bicyclic) bond motifs is 1. The number of hydrogen-bond acceptors (Lipinski definition) is 6. The molecular weight excluding hydrogens is 406 g/mol. The van der Waals surface area contributed by atoms with Crippen molar-refractivity contribution in [1.29, 1.82) is 0 Å². The van der Waals surface area contributed by atoms with Crippen molar-refractivity contribution >= 4 is 26.9 Å². The molecule has 2 aromatic carbocycles. The zero-order valence-corrected chi connectivity index (χ0v) is 16.5. The molecule has 0 aliphatic rings. The quantitative estimate of drug-likeness (QED) is 0.360. The van der Waals surface area contributed by atoms with Gasteiger partial charge in [-0.1, -0.05) is 30.3 Å². The van der Waals surface area contributed by atoms with Gasteiger partial charge in [0.05, 0.1) is 22.9 Å². The Morgan fingerprint density at radius 1 is 1.00 bits per heavy atom. The molecule has 0 bridgehead atoms. The summed E-state index contributed by atoms with van der Waals surface area (Å²) >= 11 is 0. The Bertz CT molecular complexity index is 1300. The topological polar surface area (TPSA) is 120 Å². The molecule has 2 heterocycles. The monoisotopic (exact) mass is 423 g/mol. The second-order valence-electron chi connectivity index (χ2n) is 6.52. The van der Waals surface area contributed by atoms with E-state index in [1.807, 2.05) is 41.0 Å². The van der Waals surface area contributed by atoms with Crippen molar-refractivity contribution in [3.8, 4) is 0 Å². The second kappa shape index (κ2) is 8.01. The van der Waals surface area contributed by atoms with Gasteiger partial charge in [-0.2, -0.15) is 0 Å². The fourth-order valence-electron chi connectivity index (χ4n) is 3.06. The van der Waals surface area contributed by atoms with Gasteiger partial charge in [0, 0.05) is 18.3 Å². The first-order valence-corrected chi connectivity index (χ1v) is 10.5. The fourth-order valence-corrected chi connectivity index (χ4v) is 4.04. The van der Waals surface area contributed by atoms with Gasteiger partial charge in [0.2, 0.25) is 10.0 Å². The number of imidazole rings is 1. The third-order valence-electron chi connectivity index (χ3n) is 4.54. The van der Waals surface area contributed by atoms with Crippen LogP contribution in [-0.4, -0.2) is 27.9 Å². The molecule has 0 aliphatic heterocycles. The van der Waals surface area contributed by atoms with E-state index in [-0.39, 0.29) is 17.1 Å². The molecule has 4 aromatic rings. The minimum atomic E-state index is -3.87. The van der Waals surface area contributed by atoms with Crippen molar-refractivity contribution in [3.05, 3.63) is 94.4 Å². The van der Waals surface area contributed by atoms with E-state index in [4.69, 9.17) is 0 Å². The van der Waals surface area contributed by atoms with Crippen LogP contribution in [0.3, 0.4) is 0 Å². The van der Waals surface area contributed by atoms with Gasteiger partial charge >= 0.3 is 0 Å². The number of nitro benzene ring substituents is 1. The van der Waals surface area contributed by atoms with Crippen LogP contribution < -0.4 is 4.72 Å². The molecule has 0 amide bonds. The van der Waals surface area contributed by atoms with E-state index in [2.05, 4.69) is 14.7 Å². The van der Waals surface area contributed by atoms with Gasteiger partial charge in [0.15, 0.2) is 5.65 Å². The van der Waals surface area contributed by atoms with Crippen LogP contribution in [0.5, 0.6) is 0 Å². The minimum Gasteiger partial charge on any atom is -0.307 e. The third-order valence-corrected chi connectivity index (χ3v) is 5.96. The first-order valence-electron chi connectivity index (χ1n) is 9.02. The summed E-state index contributed by atoms with van der Waals surface area (Å²) in [6.45, 7) is 0.436. The lowest BCUT2D eigenvalue weighted by atomic mass is 10.2. The van der Waals surface area contributed by atoms with E-state index in [0.717, 1.165) is 17.7 Å². The van der Waals surface area contributed by atoms with Crippen molar-refractivity contribution in [2.45, 2.75) is 18.0 Å². The summed E-state index contributed by atoms with van der Waals surface area (Å²) in [6.07, 6.45) is 1.66. The molecule has 30 heavy (non-hydrogen) atoms. The van der Waals surface area contributed by atoms with E-state index in [9.17, 15) is 18.5 Å². The van der Waals surface area contributed by atoms with Gasteiger partial charge in [-0.3, -0.25) is 10.1 Å². The number of nitro groups is 1. The standard InChI is InChI=1S/C20H17N5O4S/c26-25(27)16-8-10-17(11-9-16)30(28,29)22-13-19-23-18-7-4-12-21-20(18)24(19)14-15-5-2-1-3-6-15/h1-12,22H,13-14H2. The van der Waals surface area contributed by atoms with Gasteiger partial charge in [-0.25, -0.2) is 23.1 Å². The smallest absolute Gasteiger partial charge is 0.269 e. The molecule has 152 valence electrons. The average Bonchev–Trinajstić information content (AvgIpc) is 3.11. The Kier molecular flexibility index (Phi) is 5.25. The predicted molar refractivity (Wildman–Crippen MR) is 110 cm³/mol. The largest absolute Gasteiger partial charge is 0.307 e. The molecule has 4 rings (SSSR count). The van der Waals surface area contributed by atoms with Crippen molar-refractivity contribution in [1.82, 2.24) is 19.3 Å². The number of aromatic nitrogens is 3. The van der Waals surface area contributed by atoms with Crippen LogP contribution in [-0.2, 0) is 23.1 Å². The third kappa shape index (κ3) is 4.04. The van der Waals surface area contributed by atoms with Gasteiger partial charge < -0.3 is 4.57 Å². The maximum atomic E-state index is 12.6. The molecule has 2 aromatic heterocycles. The molecule has 0 unspecified atom stereocenters. The number of pyridine rings is 1. The molecule has 10 heteroatoms. The van der Waals surface area contributed by atoms with Crippen LogP contribution in [0.15, 0.2) is 77.8 Å². The van der Waals surface area contributed by atoms with Crippen LogP contribution in [0.4, 0.5) is 5.69 Å². The van der Waals surface area contributed by atoms with Crippen molar-refractivity contribution < 1.29 is 13.3 Å². The number of sulfonamides is 1. The summed E-state index contributed by atoms with van der Waals surface area (Å²) in [4.78, 5) is 19.0. The molecule has 9 nitrogen and oxygen atoms in total. The molecule has 0 aliphatic carbocycles. The molecule has 0 fully saturated rings. The molecule has 0 spiro atoms. The van der Waals surface area contributed by atoms with Crippen LogP contribution in [0.2, 0.25) is 0 Å². The van der Waals surface area contributed by atoms with Crippen molar-refractivity contribution in [2.75, 3.05) is 0 Å². The summed E-state index contributed by atoms with van der Waals surface area (Å²) < 4.78 is 29.7. The molecule has 1 N–H and O–H groups in total. The highest BCUT2D eigenvalue weighted by Gasteiger charge is 2.18. The Labute approximate surface area is 172 Å². The number of nitrogens with one attached hydrogen (secondary N) is 1. The number of non-ortho nitro benzene ring substituents is 1. The Balaban J connectivity index is 1.62. The van der Waals surface area contributed by atoms with Gasteiger partial charge in [0.1, 0.15) is 11.3 Å². The molecule has 0 atom stereocenters. The van der Waals surface area contributed by atoms with Crippen LogP contribution in [0.1, 0.15) is 11.4 Å². The highest BCUT2D eigenvalue weighted by molar-refractivity contribution is 7.89. The Morgan fingerprint density at radius 2 is 1.73 bits per heavy atom. The first-order chi connectivity index (χ1) is 14.4. The van der Waals surface area contributed by atoms with E-state index < -0.39 is 14.9 Å². The summed E-state index contributed by atoms with van der Waals surface area (Å²) in [5.74, 6) is 0.512. The second-order valence-corrected chi connectivity index (χ2v) is 8.29. The van der Waals surface area contributed by atoms with Crippen LogP contribution in [0, 0.1) is 10.1 Å². The van der Waals surface area contributed by atoms with Crippen molar-refractivity contribution in [3.63, 3.8) is 0 Å². The lowest BCUT2D eigenvalue weighted by Crippen LogP contribution is -2.25. The van der Waals surface area contributed by atoms with Gasteiger partial charge in [-0.05, 0) is 29.8 Å². The molecular formula is C20H17N5O4S. The van der Waals surface area contributed by atoms with Gasteiger partial charge in [0.25, 0.3) is 5.69 Å². The maximum absolute atomic E-state index is 12.6. The normalized spacial score (nSPS) is 11.6.